The molecule has 31 heavy (non-hydrogen) atoms. The van der Waals surface area contributed by atoms with Crippen LogP contribution in [-0.4, -0.2) is 26.0 Å². The number of anilines is 2. The van der Waals surface area contributed by atoms with Crippen LogP contribution in [0.15, 0.2) is 84.6 Å². The maximum absolute atomic E-state index is 13.6. The predicted octanol–water partition coefficient (Wildman–Crippen LogP) is 3.99. The van der Waals surface area contributed by atoms with E-state index in [2.05, 4.69) is 0 Å². The van der Waals surface area contributed by atoms with Crippen molar-refractivity contribution in [1.29, 1.82) is 5.26 Å². The van der Waals surface area contributed by atoms with Crippen LogP contribution in [0.2, 0.25) is 0 Å². The number of carbonyl (C=O) groups is 2. The zero-order valence-corrected chi connectivity index (χ0v) is 17.1. The number of hydrogen-bond donors (Lipinski definition) is 0. The molecule has 3 aromatic carbocycles. The lowest BCUT2D eigenvalue weighted by atomic mass is 10.0. The van der Waals surface area contributed by atoms with Gasteiger partial charge >= 0.3 is 0 Å². The van der Waals surface area contributed by atoms with Crippen LogP contribution in [0, 0.1) is 11.3 Å². The Bertz CT molecular complexity index is 1220. The van der Waals surface area contributed by atoms with Crippen LogP contribution in [0.5, 0.6) is 5.75 Å². The van der Waals surface area contributed by atoms with E-state index in [9.17, 15) is 9.59 Å². The molecule has 4 rings (SSSR count). The average Bonchev–Trinajstić information content (AvgIpc) is 3.08. The summed E-state index contributed by atoms with van der Waals surface area (Å²) in [7, 11) is 3.28. The highest BCUT2D eigenvalue weighted by atomic mass is 16.5. The molecule has 0 N–H and O–H groups in total. The number of methoxy groups -OCH3 is 1. The van der Waals surface area contributed by atoms with Crippen molar-refractivity contribution >= 4 is 28.8 Å². The number of rotatable bonds is 5. The lowest BCUT2D eigenvalue weighted by Gasteiger charge is -2.21. The first-order valence-corrected chi connectivity index (χ1v) is 9.62. The Labute approximate surface area is 180 Å². The van der Waals surface area contributed by atoms with Crippen LogP contribution in [0.3, 0.4) is 0 Å². The zero-order chi connectivity index (χ0) is 22.0. The minimum atomic E-state index is -0.447. The molecule has 0 aliphatic carbocycles. The largest absolute Gasteiger partial charge is 0.496 e. The number of imide groups is 1. The molecule has 1 heterocycles. The van der Waals surface area contributed by atoms with E-state index in [-0.39, 0.29) is 11.3 Å². The smallest absolute Gasteiger partial charge is 0.282 e. The fourth-order valence-electron chi connectivity index (χ4n) is 3.62. The molecule has 0 spiro atoms. The van der Waals surface area contributed by atoms with Crippen molar-refractivity contribution in [3.63, 3.8) is 0 Å². The first kappa shape index (κ1) is 19.9. The minimum absolute atomic E-state index is 0.255. The van der Waals surface area contributed by atoms with Gasteiger partial charge in [0, 0.05) is 18.3 Å². The number of nitriles is 1. The summed E-state index contributed by atoms with van der Waals surface area (Å²) in [5, 5.41) is 9.06. The van der Waals surface area contributed by atoms with E-state index in [1.807, 2.05) is 42.5 Å². The quantitative estimate of drug-likeness (QED) is 0.596. The van der Waals surface area contributed by atoms with Gasteiger partial charge in [-0.1, -0.05) is 36.4 Å². The van der Waals surface area contributed by atoms with Gasteiger partial charge in [0.15, 0.2) is 0 Å². The number of likely N-dealkylation sites (N-methyl/N-ethyl adjacent to an activating group) is 1. The highest BCUT2D eigenvalue weighted by Gasteiger charge is 2.42. The molecule has 3 aromatic rings. The Morgan fingerprint density at radius 1 is 0.871 bits per heavy atom. The Morgan fingerprint density at radius 3 is 2.16 bits per heavy atom. The van der Waals surface area contributed by atoms with Crippen molar-refractivity contribution in [2.45, 2.75) is 0 Å². The molecule has 0 saturated heterocycles. The van der Waals surface area contributed by atoms with Crippen LogP contribution in [0.4, 0.5) is 11.4 Å². The van der Waals surface area contributed by atoms with Gasteiger partial charge in [0.2, 0.25) is 0 Å². The molecule has 1 aliphatic heterocycles. The monoisotopic (exact) mass is 409 g/mol. The van der Waals surface area contributed by atoms with E-state index >= 15 is 0 Å². The van der Waals surface area contributed by atoms with Crippen molar-refractivity contribution in [2.75, 3.05) is 24.0 Å². The van der Waals surface area contributed by atoms with Gasteiger partial charge in [-0.3, -0.25) is 9.59 Å². The van der Waals surface area contributed by atoms with Gasteiger partial charge in [-0.2, -0.15) is 5.26 Å². The molecule has 152 valence electrons. The van der Waals surface area contributed by atoms with Crippen molar-refractivity contribution in [1.82, 2.24) is 0 Å². The van der Waals surface area contributed by atoms with Crippen molar-refractivity contribution in [2.24, 2.45) is 0 Å². The number of nitrogens with zero attached hydrogens (tertiary/aromatic N) is 3. The SMILES string of the molecule is COc1ccccc1C1=C(N(C)c2ccccc2)C(=O)N(c2ccc(C#N)cc2)C1=O. The van der Waals surface area contributed by atoms with Gasteiger partial charge in [0.25, 0.3) is 11.8 Å². The highest BCUT2D eigenvalue weighted by molar-refractivity contribution is 6.46. The van der Waals surface area contributed by atoms with E-state index in [1.165, 1.54) is 7.11 Å². The van der Waals surface area contributed by atoms with Crippen LogP contribution in [-0.2, 0) is 9.59 Å². The molecule has 0 fully saturated rings. The fraction of sp³-hybridized carbons (Fsp3) is 0.0800. The number of hydrogen-bond acceptors (Lipinski definition) is 5. The number of ether oxygens (including phenoxy) is 1. The third-order valence-corrected chi connectivity index (χ3v) is 5.17. The molecule has 0 bridgehead atoms. The minimum Gasteiger partial charge on any atom is -0.496 e. The van der Waals surface area contributed by atoms with Crippen LogP contribution >= 0.6 is 0 Å². The summed E-state index contributed by atoms with van der Waals surface area (Å²) in [5.74, 6) is -0.391. The summed E-state index contributed by atoms with van der Waals surface area (Å²) in [5.41, 5.74) is 2.67. The van der Waals surface area contributed by atoms with Gasteiger partial charge in [-0.25, -0.2) is 4.90 Å². The Hall–Kier alpha value is -4.37. The second-order valence-corrected chi connectivity index (χ2v) is 6.92. The zero-order valence-electron chi connectivity index (χ0n) is 17.1. The highest BCUT2D eigenvalue weighted by Crippen LogP contribution is 2.39. The number of benzene rings is 3. The van der Waals surface area contributed by atoms with Crippen LogP contribution in [0.1, 0.15) is 11.1 Å². The number of carbonyl (C=O) groups excluding carboxylic acids is 2. The maximum Gasteiger partial charge on any atom is 0.282 e. The van der Waals surface area contributed by atoms with Gasteiger partial charge in [-0.15, -0.1) is 0 Å². The van der Waals surface area contributed by atoms with E-state index in [0.29, 0.717) is 22.6 Å². The summed E-state index contributed by atoms with van der Waals surface area (Å²) in [6, 6.07) is 24.9. The molecular formula is C25H19N3O3. The second kappa shape index (κ2) is 8.17. The first-order valence-electron chi connectivity index (χ1n) is 9.62. The Kier molecular flexibility index (Phi) is 5.25. The topological polar surface area (TPSA) is 73.6 Å². The van der Waals surface area contributed by atoms with Crippen molar-refractivity contribution in [3.05, 3.63) is 95.7 Å². The summed E-state index contributed by atoms with van der Waals surface area (Å²) < 4.78 is 5.48. The standard InChI is InChI=1S/C25H19N3O3/c1-27(18-8-4-3-5-9-18)23-22(20-10-6-7-11-21(20)31-2)24(29)28(25(23)30)19-14-12-17(16-26)13-15-19/h3-15H,1-2H3. The molecular weight excluding hydrogens is 390 g/mol. The number of amides is 2. The summed E-state index contributed by atoms with van der Waals surface area (Å²) >= 11 is 0. The lowest BCUT2D eigenvalue weighted by Crippen LogP contribution is -2.34. The Balaban J connectivity index is 1.90. The second-order valence-electron chi connectivity index (χ2n) is 6.92. The predicted molar refractivity (Wildman–Crippen MR) is 118 cm³/mol. The first-order chi connectivity index (χ1) is 15.1. The molecule has 2 amide bonds. The molecule has 0 aromatic heterocycles. The van der Waals surface area contributed by atoms with E-state index in [4.69, 9.17) is 10.00 Å². The third kappa shape index (κ3) is 3.43. The Morgan fingerprint density at radius 2 is 1.52 bits per heavy atom. The van der Waals surface area contributed by atoms with Gasteiger partial charge in [0.1, 0.15) is 11.4 Å². The van der Waals surface area contributed by atoms with E-state index in [1.54, 1.807) is 54.4 Å². The van der Waals surface area contributed by atoms with E-state index in [0.717, 1.165) is 10.6 Å². The lowest BCUT2D eigenvalue weighted by molar-refractivity contribution is -0.120. The van der Waals surface area contributed by atoms with Crippen molar-refractivity contribution < 1.29 is 14.3 Å². The van der Waals surface area contributed by atoms with E-state index < -0.39 is 11.8 Å². The summed E-state index contributed by atoms with van der Waals surface area (Å²) in [4.78, 5) is 30.0. The number of para-hydroxylation sites is 2. The summed E-state index contributed by atoms with van der Waals surface area (Å²) in [6.07, 6.45) is 0. The van der Waals surface area contributed by atoms with Crippen molar-refractivity contribution in [3.8, 4) is 11.8 Å². The average molecular weight is 409 g/mol. The van der Waals surface area contributed by atoms with Gasteiger partial charge < -0.3 is 9.64 Å². The van der Waals surface area contributed by atoms with Crippen LogP contribution in [0.25, 0.3) is 5.57 Å². The molecule has 0 unspecified atom stereocenters. The molecule has 0 atom stereocenters. The third-order valence-electron chi connectivity index (χ3n) is 5.17. The summed E-state index contributed by atoms with van der Waals surface area (Å²) in [6.45, 7) is 0. The molecule has 1 aliphatic rings. The molecule has 0 saturated carbocycles. The molecule has 6 heteroatoms. The normalized spacial score (nSPS) is 13.4. The maximum atomic E-state index is 13.6. The fourth-order valence-corrected chi connectivity index (χ4v) is 3.62. The molecule has 0 radical (unpaired) electrons. The molecule has 6 nitrogen and oxygen atoms in total. The van der Waals surface area contributed by atoms with Gasteiger partial charge in [0.05, 0.1) is 30.0 Å². The van der Waals surface area contributed by atoms with Crippen LogP contribution < -0.4 is 14.5 Å². The van der Waals surface area contributed by atoms with Gasteiger partial charge in [-0.05, 0) is 42.5 Å².